The van der Waals surface area contributed by atoms with Crippen molar-refractivity contribution in [2.45, 2.75) is 45.4 Å². The average Bonchev–Trinajstić information content (AvgIpc) is 2.63. The van der Waals surface area contributed by atoms with Crippen molar-refractivity contribution in [2.75, 3.05) is 13.1 Å². The zero-order chi connectivity index (χ0) is 11.6. The van der Waals surface area contributed by atoms with Crippen LogP contribution in [0.3, 0.4) is 0 Å². The van der Waals surface area contributed by atoms with E-state index in [1.165, 1.54) is 5.69 Å². The highest BCUT2D eigenvalue weighted by Gasteiger charge is 2.28. The topological polar surface area (TPSA) is 41.3 Å². The maximum Gasteiger partial charge on any atom is 0.0948 e. The quantitative estimate of drug-likeness (QED) is 0.838. The van der Waals surface area contributed by atoms with Gasteiger partial charge in [-0.3, -0.25) is 4.90 Å². The van der Waals surface area contributed by atoms with Gasteiger partial charge in [-0.2, -0.15) is 0 Å². The molecule has 0 amide bonds. The van der Waals surface area contributed by atoms with Gasteiger partial charge in [0.25, 0.3) is 0 Å². The number of nitrogens with zero attached hydrogens (tertiary/aromatic N) is 3. The van der Waals surface area contributed by atoms with Crippen LogP contribution in [0.2, 0.25) is 0 Å². The Morgan fingerprint density at radius 3 is 3.06 bits per heavy atom. The van der Waals surface area contributed by atoms with Gasteiger partial charge in [0.2, 0.25) is 0 Å². The Kier molecular flexibility index (Phi) is 3.30. The largest absolute Gasteiger partial charge is 0.389 e. The highest BCUT2D eigenvalue weighted by atomic mass is 16.3. The molecule has 1 aromatic rings. The first-order valence-corrected chi connectivity index (χ1v) is 6.04. The van der Waals surface area contributed by atoms with Crippen molar-refractivity contribution in [2.24, 2.45) is 0 Å². The minimum Gasteiger partial charge on any atom is -0.389 e. The number of likely N-dealkylation sites (tertiary alicyclic amines) is 1. The Labute approximate surface area is 96.9 Å². The van der Waals surface area contributed by atoms with Gasteiger partial charge >= 0.3 is 0 Å². The van der Waals surface area contributed by atoms with Crippen molar-refractivity contribution < 1.29 is 5.11 Å². The van der Waals surface area contributed by atoms with E-state index in [0.717, 1.165) is 39.0 Å². The fourth-order valence-electron chi connectivity index (χ4n) is 2.45. The number of piperidine rings is 1. The van der Waals surface area contributed by atoms with Crippen molar-refractivity contribution in [3.63, 3.8) is 0 Å². The molecule has 0 aromatic carbocycles. The average molecular weight is 223 g/mol. The van der Waals surface area contributed by atoms with E-state index in [9.17, 15) is 5.11 Å². The van der Waals surface area contributed by atoms with Crippen LogP contribution in [-0.2, 0) is 13.1 Å². The van der Waals surface area contributed by atoms with Crippen LogP contribution in [0.5, 0.6) is 0 Å². The molecule has 1 atom stereocenters. The van der Waals surface area contributed by atoms with Crippen molar-refractivity contribution in [3.8, 4) is 0 Å². The van der Waals surface area contributed by atoms with Crippen LogP contribution < -0.4 is 0 Å². The molecule has 0 spiro atoms. The lowest BCUT2D eigenvalue weighted by Gasteiger charge is -2.36. The van der Waals surface area contributed by atoms with Crippen LogP contribution in [-0.4, -0.2) is 38.2 Å². The molecule has 0 aliphatic carbocycles. The molecular formula is C12H21N3O. The Bertz CT molecular complexity index is 346. The first-order valence-electron chi connectivity index (χ1n) is 6.04. The van der Waals surface area contributed by atoms with Crippen LogP contribution in [0.25, 0.3) is 0 Å². The van der Waals surface area contributed by atoms with Crippen molar-refractivity contribution in [3.05, 3.63) is 18.2 Å². The van der Waals surface area contributed by atoms with Crippen LogP contribution in [0.4, 0.5) is 0 Å². The number of rotatable bonds is 3. The van der Waals surface area contributed by atoms with E-state index in [4.69, 9.17) is 0 Å². The molecule has 1 fully saturated rings. The summed E-state index contributed by atoms with van der Waals surface area (Å²) in [5, 5.41) is 10.0. The lowest BCUT2D eigenvalue weighted by atomic mass is 9.95. The third-order valence-corrected chi connectivity index (χ3v) is 3.28. The summed E-state index contributed by atoms with van der Waals surface area (Å²) in [6, 6.07) is 0. The van der Waals surface area contributed by atoms with Crippen LogP contribution >= 0.6 is 0 Å². The smallest absolute Gasteiger partial charge is 0.0948 e. The minimum atomic E-state index is -0.519. The second-order valence-corrected chi connectivity index (χ2v) is 4.98. The molecule has 2 rings (SSSR count). The van der Waals surface area contributed by atoms with Gasteiger partial charge in [0.05, 0.1) is 17.6 Å². The van der Waals surface area contributed by atoms with Gasteiger partial charge in [-0.25, -0.2) is 4.98 Å². The maximum absolute atomic E-state index is 10.0. The van der Waals surface area contributed by atoms with E-state index in [2.05, 4.69) is 21.4 Å². The van der Waals surface area contributed by atoms with Crippen LogP contribution in [0.1, 0.15) is 32.4 Å². The number of hydrogen-bond acceptors (Lipinski definition) is 3. The summed E-state index contributed by atoms with van der Waals surface area (Å²) < 4.78 is 2.16. The number of imidazole rings is 1. The van der Waals surface area contributed by atoms with Gasteiger partial charge in [0.1, 0.15) is 0 Å². The minimum absolute atomic E-state index is 0.519. The first kappa shape index (κ1) is 11.6. The van der Waals surface area contributed by atoms with Crippen molar-refractivity contribution >= 4 is 0 Å². The van der Waals surface area contributed by atoms with Gasteiger partial charge in [0.15, 0.2) is 0 Å². The highest BCUT2D eigenvalue weighted by molar-refractivity contribution is 4.99. The molecular weight excluding hydrogens is 202 g/mol. The summed E-state index contributed by atoms with van der Waals surface area (Å²) >= 11 is 0. The number of hydrogen-bond donors (Lipinski definition) is 1. The Hall–Kier alpha value is -0.870. The molecule has 0 bridgehead atoms. The number of aromatic nitrogens is 2. The van der Waals surface area contributed by atoms with Crippen molar-refractivity contribution in [1.29, 1.82) is 0 Å². The molecule has 90 valence electrons. The number of aryl methyl sites for hydroxylation is 1. The molecule has 4 nitrogen and oxygen atoms in total. The van der Waals surface area contributed by atoms with E-state index >= 15 is 0 Å². The zero-order valence-corrected chi connectivity index (χ0v) is 10.2. The van der Waals surface area contributed by atoms with Crippen molar-refractivity contribution in [1.82, 2.24) is 14.5 Å². The lowest BCUT2D eigenvalue weighted by Crippen LogP contribution is -2.45. The van der Waals surface area contributed by atoms with Gasteiger partial charge in [-0.1, -0.05) is 0 Å². The Morgan fingerprint density at radius 1 is 1.56 bits per heavy atom. The molecule has 1 aliphatic heterocycles. The normalized spacial score (nSPS) is 27.2. The summed E-state index contributed by atoms with van der Waals surface area (Å²) in [4.78, 5) is 6.48. The number of β-amino-alcohol motifs (C(OH)–C–C–N with tert-alkyl or cyclic N) is 1. The Morgan fingerprint density at radius 2 is 2.38 bits per heavy atom. The third-order valence-electron chi connectivity index (χ3n) is 3.28. The molecule has 1 N–H and O–H groups in total. The first-order chi connectivity index (χ1) is 7.61. The highest BCUT2D eigenvalue weighted by Crippen LogP contribution is 2.21. The van der Waals surface area contributed by atoms with E-state index in [1.807, 2.05) is 19.4 Å². The predicted octanol–water partition coefficient (Wildman–Crippen LogP) is 1.25. The van der Waals surface area contributed by atoms with E-state index in [1.54, 1.807) is 0 Å². The molecule has 16 heavy (non-hydrogen) atoms. The van der Waals surface area contributed by atoms with Gasteiger partial charge in [0, 0.05) is 25.8 Å². The fourth-order valence-corrected chi connectivity index (χ4v) is 2.45. The zero-order valence-electron chi connectivity index (χ0n) is 10.2. The summed E-state index contributed by atoms with van der Waals surface area (Å²) in [7, 11) is 0. The van der Waals surface area contributed by atoms with E-state index in [0.29, 0.717) is 0 Å². The maximum atomic E-state index is 10.0. The second kappa shape index (κ2) is 4.55. The summed E-state index contributed by atoms with van der Waals surface area (Å²) in [5.74, 6) is 0. The second-order valence-electron chi connectivity index (χ2n) is 4.98. The van der Waals surface area contributed by atoms with E-state index in [-0.39, 0.29) is 0 Å². The van der Waals surface area contributed by atoms with Crippen LogP contribution in [0, 0.1) is 0 Å². The van der Waals surface area contributed by atoms with Gasteiger partial charge < -0.3 is 9.67 Å². The monoisotopic (exact) mass is 223 g/mol. The molecule has 4 heteroatoms. The summed E-state index contributed by atoms with van der Waals surface area (Å²) in [5.41, 5.74) is 0.718. The predicted molar refractivity (Wildman–Crippen MR) is 63.0 cm³/mol. The van der Waals surface area contributed by atoms with Gasteiger partial charge in [-0.15, -0.1) is 0 Å². The molecule has 2 heterocycles. The molecule has 1 unspecified atom stereocenters. The standard InChI is InChI=1S/C12H21N3O/c1-3-15-10-13-7-11(15)8-14-6-4-5-12(2,16)9-14/h7,10,16H,3-6,8-9H2,1-2H3. The summed E-state index contributed by atoms with van der Waals surface area (Å²) in [6.45, 7) is 7.74. The SMILES string of the molecule is CCn1cncc1CN1CCCC(C)(O)C1. The molecule has 1 saturated heterocycles. The number of aliphatic hydroxyl groups is 1. The molecule has 1 aromatic heterocycles. The lowest BCUT2D eigenvalue weighted by molar-refractivity contribution is -0.0187. The molecule has 0 saturated carbocycles. The molecule has 1 aliphatic rings. The van der Waals surface area contributed by atoms with E-state index < -0.39 is 5.60 Å². The van der Waals surface area contributed by atoms with Crippen LogP contribution in [0.15, 0.2) is 12.5 Å². The molecule has 0 radical (unpaired) electrons. The summed E-state index contributed by atoms with van der Waals surface area (Å²) in [6.07, 6.45) is 5.79. The van der Waals surface area contributed by atoms with Gasteiger partial charge in [-0.05, 0) is 33.2 Å². The third kappa shape index (κ3) is 2.62. The fraction of sp³-hybridized carbons (Fsp3) is 0.750. The Balaban J connectivity index is 1.99.